The summed E-state index contributed by atoms with van der Waals surface area (Å²) in [5, 5.41) is 1.07. The lowest BCUT2D eigenvalue weighted by Gasteiger charge is -1.90. The molecule has 2 unspecified atom stereocenters. The fourth-order valence-electron chi connectivity index (χ4n) is 1.77. The number of hydrogen-bond acceptors (Lipinski definition) is 3. The number of epoxide rings is 1. The first-order valence-corrected chi connectivity index (χ1v) is 4.77. The fourth-order valence-corrected chi connectivity index (χ4v) is 1.77. The van der Waals surface area contributed by atoms with Crippen LogP contribution in [0.15, 0.2) is 24.3 Å². The van der Waals surface area contributed by atoms with E-state index in [-0.39, 0.29) is 12.3 Å². The molecule has 1 aliphatic heterocycles. The second-order valence-electron chi connectivity index (χ2n) is 3.71. The third-order valence-corrected chi connectivity index (χ3v) is 2.64. The van der Waals surface area contributed by atoms with E-state index in [4.69, 9.17) is 10.5 Å². The van der Waals surface area contributed by atoms with Gasteiger partial charge in [-0.25, -0.2) is 0 Å². The predicted octanol–water partition coefficient (Wildman–Crippen LogP) is 1.34. The van der Waals surface area contributed by atoms with Crippen molar-refractivity contribution < 1.29 is 9.53 Å². The maximum Gasteiger partial charge on any atom is 0.150 e. The highest BCUT2D eigenvalue weighted by molar-refractivity contribution is 5.87. The molecular formula is C11H10N2O2. The summed E-state index contributed by atoms with van der Waals surface area (Å²) in [5.74, 6) is 0. The van der Waals surface area contributed by atoms with Gasteiger partial charge >= 0.3 is 0 Å². The van der Waals surface area contributed by atoms with Crippen molar-refractivity contribution in [3.05, 3.63) is 35.5 Å². The Hall–Kier alpha value is -1.65. The molecule has 3 rings (SSSR count). The number of ether oxygens (including phenoxy) is 1. The van der Waals surface area contributed by atoms with Crippen LogP contribution >= 0.6 is 0 Å². The van der Waals surface area contributed by atoms with Gasteiger partial charge in [0.1, 0.15) is 18.6 Å². The number of carbonyl (C=O) groups excluding carboxylic acids is 1. The second-order valence-corrected chi connectivity index (χ2v) is 3.71. The van der Waals surface area contributed by atoms with Crippen LogP contribution in [0.4, 0.5) is 0 Å². The summed E-state index contributed by atoms with van der Waals surface area (Å²) in [6, 6.07) is 7.52. The van der Waals surface area contributed by atoms with Crippen LogP contribution in [0.25, 0.3) is 10.9 Å². The van der Waals surface area contributed by atoms with E-state index < -0.39 is 0 Å². The zero-order chi connectivity index (χ0) is 10.4. The summed E-state index contributed by atoms with van der Waals surface area (Å²) in [4.78, 5) is 13.8. The first-order chi connectivity index (χ1) is 7.28. The van der Waals surface area contributed by atoms with Crippen molar-refractivity contribution in [3.8, 4) is 0 Å². The number of nitrogens with one attached hydrogen (secondary N) is 1. The average molecular weight is 202 g/mol. The van der Waals surface area contributed by atoms with E-state index in [1.165, 1.54) is 0 Å². The number of fused-ring (bicyclic) bond motifs is 1. The Morgan fingerprint density at radius 3 is 2.87 bits per heavy atom. The summed E-state index contributed by atoms with van der Waals surface area (Å²) >= 11 is 0. The molecule has 76 valence electrons. The van der Waals surface area contributed by atoms with E-state index in [0.717, 1.165) is 22.9 Å². The zero-order valence-corrected chi connectivity index (χ0v) is 7.94. The predicted molar refractivity (Wildman–Crippen MR) is 55.5 cm³/mol. The number of rotatable bonds is 2. The molecule has 2 heterocycles. The number of benzene rings is 1. The van der Waals surface area contributed by atoms with Gasteiger partial charge in [0.15, 0.2) is 0 Å². The maximum atomic E-state index is 10.6. The third kappa shape index (κ3) is 1.35. The number of carbonyl (C=O) groups is 1. The van der Waals surface area contributed by atoms with Crippen LogP contribution in [0.3, 0.4) is 0 Å². The lowest BCUT2D eigenvalue weighted by Crippen LogP contribution is -2.01. The number of hydrogen-bond donors (Lipinski definition) is 2. The lowest BCUT2D eigenvalue weighted by atomic mass is 10.2. The summed E-state index contributed by atoms with van der Waals surface area (Å²) in [7, 11) is 0. The molecule has 4 heteroatoms. The molecule has 2 atom stereocenters. The van der Waals surface area contributed by atoms with E-state index in [2.05, 4.69) is 4.98 Å². The van der Waals surface area contributed by atoms with Crippen LogP contribution in [0, 0.1) is 0 Å². The van der Waals surface area contributed by atoms with Gasteiger partial charge in [0.2, 0.25) is 0 Å². The van der Waals surface area contributed by atoms with Gasteiger partial charge in [-0.15, -0.1) is 0 Å². The molecular weight excluding hydrogens is 192 g/mol. The summed E-state index contributed by atoms with van der Waals surface area (Å²) in [6.45, 7) is 0. The molecule has 3 N–H and O–H groups in total. The smallest absolute Gasteiger partial charge is 0.150 e. The SMILES string of the molecule is NC1OC1c1cc2ccc(C=O)cc2[nH]1. The van der Waals surface area contributed by atoms with Crippen LogP contribution in [-0.4, -0.2) is 17.5 Å². The van der Waals surface area contributed by atoms with Crippen molar-refractivity contribution in [3.63, 3.8) is 0 Å². The van der Waals surface area contributed by atoms with Crippen molar-refractivity contribution in [1.82, 2.24) is 4.98 Å². The molecule has 1 aromatic heterocycles. The number of aromatic amines is 1. The fraction of sp³-hybridized carbons (Fsp3) is 0.182. The largest absolute Gasteiger partial charge is 0.356 e. The highest BCUT2D eigenvalue weighted by Gasteiger charge is 2.37. The Morgan fingerprint density at radius 2 is 2.20 bits per heavy atom. The minimum Gasteiger partial charge on any atom is -0.356 e. The highest BCUT2D eigenvalue weighted by atomic mass is 16.6. The molecule has 0 bridgehead atoms. The maximum absolute atomic E-state index is 10.6. The van der Waals surface area contributed by atoms with Crippen molar-refractivity contribution in [1.29, 1.82) is 0 Å². The topological polar surface area (TPSA) is 71.4 Å². The molecule has 0 saturated carbocycles. The Morgan fingerprint density at radius 1 is 1.40 bits per heavy atom. The third-order valence-electron chi connectivity index (χ3n) is 2.64. The summed E-state index contributed by atoms with van der Waals surface area (Å²) in [6.07, 6.45) is 0.625. The summed E-state index contributed by atoms with van der Waals surface area (Å²) in [5.41, 5.74) is 8.16. The normalized spacial score (nSPS) is 24.3. The van der Waals surface area contributed by atoms with Crippen LogP contribution in [0.1, 0.15) is 22.2 Å². The van der Waals surface area contributed by atoms with Gasteiger partial charge in [0, 0.05) is 16.8 Å². The molecule has 4 nitrogen and oxygen atoms in total. The van der Waals surface area contributed by atoms with Crippen molar-refractivity contribution in [2.75, 3.05) is 0 Å². The zero-order valence-electron chi connectivity index (χ0n) is 7.94. The molecule has 0 aliphatic carbocycles. The van der Waals surface area contributed by atoms with Crippen LogP contribution in [0.5, 0.6) is 0 Å². The number of aromatic nitrogens is 1. The quantitative estimate of drug-likeness (QED) is 0.570. The van der Waals surface area contributed by atoms with Crippen molar-refractivity contribution >= 4 is 17.2 Å². The number of nitrogens with two attached hydrogens (primary N) is 1. The van der Waals surface area contributed by atoms with Gasteiger partial charge < -0.3 is 15.5 Å². The van der Waals surface area contributed by atoms with E-state index in [1.807, 2.05) is 18.2 Å². The molecule has 1 saturated heterocycles. The van der Waals surface area contributed by atoms with Crippen LogP contribution in [0.2, 0.25) is 0 Å². The van der Waals surface area contributed by atoms with Gasteiger partial charge in [-0.1, -0.05) is 12.1 Å². The van der Waals surface area contributed by atoms with Crippen LogP contribution in [-0.2, 0) is 4.74 Å². The van der Waals surface area contributed by atoms with Gasteiger partial charge in [0.25, 0.3) is 0 Å². The number of H-pyrrole nitrogens is 1. The van der Waals surface area contributed by atoms with E-state index in [1.54, 1.807) is 6.07 Å². The molecule has 0 radical (unpaired) electrons. The standard InChI is InChI=1S/C11H10N2O2/c12-11-10(15-11)9-4-7-2-1-6(5-14)3-8(7)13-9/h1-5,10-11,13H,12H2. The monoisotopic (exact) mass is 202 g/mol. The Balaban J connectivity index is 2.09. The highest BCUT2D eigenvalue weighted by Crippen LogP contribution is 2.35. The van der Waals surface area contributed by atoms with Gasteiger partial charge in [-0.05, 0) is 17.5 Å². The van der Waals surface area contributed by atoms with E-state index in [0.29, 0.717) is 5.56 Å². The van der Waals surface area contributed by atoms with Crippen molar-refractivity contribution in [2.24, 2.45) is 5.73 Å². The first kappa shape index (κ1) is 8.64. The Bertz CT molecular complexity index is 532. The molecule has 0 amide bonds. The van der Waals surface area contributed by atoms with E-state index in [9.17, 15) is 4.79 Å². The molecule has 1 aromatic carbocycles. The Kier molecular flexibility index (Phi) is 1.68. The Labute approximate surface area is 86.0 Å². The van der Waals surface area contributed by atoms with Gasteiger partial charge in [0.05, 0.1) is 0 Å². The first-order valence-electron chi connectivity index (χ1n) is 4.77. The molecule has 1 aliphatic rings. The van der Waals surface area contributed by atoms with Crippen molar-refractivity contribution in [2.45, 2.75) is 12.3 Å². The van der Waals surface area contributed by atoms with Gasteiger partial charge in [-0.2, -0.15) is 0 Å². The second kappa shape index (κ2) is 2.92. The van der Waals surface area contributed by atoms with Crippen LogP contribution < -0.4 is 5.73 Å². The molecule has 2 aromatic rings. The minimum atomic E-state index is -0.191. The molecule has 1 fully saturated rings. The molecule has 0 spiro atoms. The lowest BCUT2D eigenvalue weighted by molar-refractivity contribution is 0.112. The van der Waals surface area contributed by atoms with E-state index >= 15 is 0 Å². The number of aldehydes is 1. The average Bonchev–Trinajstić information content (AvgIpc) is 2.83. The molecule has 15 heavy (non-hydrogen) atoms. The summed E-state index contributed by atoms with van der Waals surface area (Å²) < 4.78 is 5.17. The van der Waals surface area contributed by atoms with Gasteiger partial charge in [-0.3, -0.25) is 4.79 Å². The minimum absolute atomic E-state index is 0.0166.